The van der Waals surface area contributed by atoms with Crippen molar-refractivity contribution in [1.29, 1.82) is 0 Å². The van der Waals surface area contributed by atoms with Crippen molar-refractivity contribution < 1.29 is 0 Å². The second-order valence-corrected chi connectivity index (χ2v) is 7.59. The molecule has 1 saturated carbocycles. The largest absolute Gasteiger partial charge is 0.103 e. The summed E-state index contributed by atoms with van der Waals surface area (Å²) >= 11 is 0. The summed E-state index contributed by atoms with van der Waals surface area (Å²) in [5, 5.41) is 0. The first-order valence-corrected chi connectivity index (χ1v) is 9.90. The Kier molecular flexibility index (Phi) is 6.52. The molecule has 0 spiro atoms. The van der Waals surface area contributed by atoms with E-state index in [1.165, 1.54) is 50.5 Å². The number of allylic oxidation sites excluding steroid dienone is 5. The lowest BCUT2D eigenvalue weighted by Crippen LogP contribution is -2.12. The second kappa shape index (κ2) is 9.06. The van der Waals surface area contributed by atoms with Gasteiger partial charge in [0, 0.05) is 0 Å². The number of hydrogen-bond acceptors (Lipinski definition) is 0. The minimum absolute atomic E-state index is 0.708. The van der Waals surface area contributed by atoms with Crippen molar-refractivity contribution in [3.63, 3.8) is 0 Å². The monoisotopic (exact) mass is 320 g/mol. The first kappa shape index (κ1) is 17.3. The molecule has 0 radical (unpaired) electrons. The van der Waals surface area contributed by atoms with Gasteiger partial charge in [-0.1, -0.05) is 54.6 Å². The van der Waals surface area contributed by atoms with E-state index in [1.54, 1.807) is 5.56 Å². The quantitative estimate of drug-likeness (QED) is 0.495. The average molecular weight is 321 g/mol. The van der Waals surface area contributed by atoms with Gasteiger partial charge in [-0.3, -0.25) is 0 Å². The molecule has 24 heavy (non-hydrogen) atoms. The summed E-state index contributed by atoms with van der Waals surface area (Å²) in [6.45, 7) is 3.81. The molecule has 3 rings (SSSR count). The van der Waals surface area contributed by atoms with Crippen molar-refractivity contribution in [2.45, 2.75) is 63.7 Å². The lowest BCUT2D eigenvalue weighted by molar-refractivity contribution is 0.374. The molecule has 0 nitrogen and oxygen atoms in total. The molecule has 0 heteroatoms. The van der Waals surface area contributed by atoms with Gasteiger partial charge < -0.3 is 0 Å². The number of benzene rings is 1. The maximum absolute atomic E-state index is 3.81. The minimum atomic E-state index is 0.708. The lowest BCUT2D eigenvalue weighted by Gasteiger charge is -2.27. The van der Waals surface area contributed by atoms with E-state index in [4.69, 9.17) is 0 Å². The van der Waals surface area contributed by atoms with Crippen molar-refractivity contribution in [3.8, 4) is 0 Å². The van der Waals surface area contributed by atoms with Crippen LogP contribution in [0.3, 0.4) is 0 Å². The summed E-state index contributed by atoms with van der Waals surface area (Å²) in [6, 6.07) is 9.37. The van der Waals surface area contributed by atoms with E-state index < -0.39 is 0 Å². The minimum Gasteiger partial charge on any atom is -0.103 e. The van der Waals surface area contributed by atoms with Crippen LogP contribution in [-0.2, 0) is 6.42 Å². The van der Waals surface area contributed by atoms with Gasteiger partial charge in [0.05, 0.1) is 0 Å². The van der Waals surface area contributed by atoms with Gasteiger partial charge >= 0.3 is 0 Å². The molecule has 0 bridgehead atoms. The lowest BCUT2D eigenvalue weighted by atomic mass is 9.78. The van der Waals surface area contributed by atoms with Crippen LogP contribution < -0.4 is 0 Å². The number of hydrogen-bond donors (Lipinski definition) is 0. The van der Waals surface area contributed by atoms with Crippen LogP contribution in [-0.4, -0.2) is 0 Å². The van der Waals surface area contributed by atoms with Crippen LogP contribution in [0.1, 0.15) is 68.4 Å². The third-order valence-corrected chi connectivity index (χ3v) is 5.78. The summed E-state index contributed by atoms with van der Waals surface area (Å²) in [7, 11) is 0. The average Bonchev–Trinajstić information content (AvgIpc) is 2.66. The summed E-state index contributed by atoms with van der Waals surface area (Å²) < 4.78 is 0. The zero-order valence-electron chi connectivity index (χ0n) is 15.0. The van der Waals surface area contributed by atoms with Crippen LogP contribution in [0, 0.1) is 11.8 Å². The molecule has 0 saturated heterocycles. The molecule has 2 aliphatic rings. The SMILES string of the molecule is C=CCCc1ccc(C2CCC(/C=C/C3C=CCCC3)CC2)cc1. The van der Waals surface area contributed by atoms with Gasteiger partial charge in [0.25, 0.3) is 0 Å². The van der Waals surface area contributed by atoms with E-state index in [0.717, 1.165) is 24.7 Å². The molecule has 0 heterocycles. The van der Waals surface area contributed by atoms with E-state index in [1.807, 2.05) is 6.08 Å². The zero-order chi connectivity index (χ0) is 16.6. The Bertz CT molecular complexity index is 552. The van der Waals surface area contributed by atoms with Crippen molar-refractivity contribution >= 4 is 0 Å². The Morgan fingerprint density at radius 2 is 1.75 bits per heavy atom. The van der Waals surface area contributed by atoms with Gasteiger partial charge in [-0.25, -0.2) is 0 Å². The highest BCUT2D eigenvalue weighted by atomic mass is 14.3. The van der Waals surface area contributed by atoms with Gasteiger partial charge in [-0.2, -0.15) is 0 Å². The van der Waals surface area contributed by atoms with Gasteiger partial charge in [-0.05, 0) is 86.7 Å². The van der Waals surface area contributed by atoms with E-state index in [0.29, 0.717) is 5.92 Å². The van der Waals surface area contributed by atoms with Gasteiger partial charge in [-0.15, -0.1) is 6.58 Å². The molecule has 1 fully saturated rings. The molecule has 0 aliphatic heterocycles. The standard InChI is InChI=1S/C24H32/c1-2-3-7-21-12-16-23(17-13-21)24-18-14-22(15-19-24)11-10-20-8-5-4-6-9-20/h2,5,8,10-13,16-17,20,22,24H,1,3-4,6-7,9,14-15,18-19H2/b11-10+. The third-order valence-electron chi connectivity index (χ3n) is 5.78. The number of aryl methyl sites for hydroxylation is 1. The van der Waals surface area contributed by atoms with Crippen molar-refractivity contribution in [1.82, 2.24) is 0 Å². The van der Waals surface area contributed by atoms with Gasteiger partial charge in [0.15, 0.2) is 0 Å². The summed E-state index contributed by atoms with van der Waals surface area (Å²) in [4.78, 5) is 0. The Labute approximate surface area is 148 Å². The predicted octanol–water partition coefficient (Wildman–Crippen LogP) is 6.99. The maximum Gasteiger partial charge on any atom is -0.00533 e. The fraction of sp³-hybridized carbons (Fsp3) is 0.500. The number of rotatable bonds is 6. The van der Waals surface area contributed by atoms with E-state index in [9.17, 15) is 0 Å². The molecule has 0 N–H and O–H groups in total. The maximum atomic E-state index is 3.81. The van der Waals surface area contributed by atoms with Crippen LogP contribution in [0.5, 0.6) is 0 Å². The van der Waals surface area contributed by atoms with Gasteiger partial charge in [0.2, 0.25) is 0 Å². The molecule has 0 amide bonds. The first-order chi connectivity index (χ1) is 11.8. The molecule has 0 aromatic heterocycles. The smallest absolute Gasteiger partial charge is 0.00533 e. The molecule has 2 aliphatic carbocycles. The summed E-state index contributed by atoms with van der Waals surface area (Å²) in [5.74, 6) is 2.29. The van der Waals surface area contributed by atoms with Gasteiger partial charge in [0.1, 0.15) is 0 Å². The normalized spacial score (nSPS) is 27.4. The molecule has 1 aromatic rings. The Balaban J connectivity index is 1.47. The van der Waals surface area contributed by atoms with Crippen LogP contribution in [0.2, 0.25) is 0 Å². The third kappa shape index (κ3) is 4.97. The van der Waals surface area contributed by atoms with Crippen LogP contribution in [0.25, 0.3) is 0 Å². The van der Waals surface area contributed by atoms with Crippen LogP contribution in [0.15, 0.2) is 61.2 Å². The molecule has 128 valence electrons. The van der Waals surface area contributed by atoms with Crippen LogP contribution in [0.4, 0.5) is 0 Å². The molecule has 1 atom stereocenters. The molecular formula is C24H32. The Hall–Kier alpha value is -1.56. The fourth-order valence-corrected chi connectivity index (χ4v) is 4.17. The Morgan fingerprint density at radius 3 is 2.42 bits per heavy atom. The zero-order valence-corrected chi connectivity index (χ0v) is 15.0. The highest BCUT2D eigenvalue weighted by molar-refractivity contribution is 5.26. The highest BCUT2D eigenvalue weighted by Gasteiger charge is 2.21. The van der Waals surface area contributed by atoms with E-state index >= 15 is 0 Å². The summed E-state index contributed by atoms with van der Waals surface area (Å²) in [5.41, 5.74) is 2.99. The molecule has 1 aromatic carbocycles. The highest BCUT2D eigenvalue weighted by Crippen LogP contribution is 2.36. The van der Waals surface area contributed by atoms with E-state index in [-0.39, 0.29) is 0 Å². The van der Waals surface area contributed by atoms with Crippen molar-refractivity contribution in [2.75, 3.05) is 0 Å². The molecule has 1 unspecified atom stereocenters. The Morgan fingerprint density at radius 1 is 0.958 bits per heavy atom. The topological polar surface area (TPSA) is 0 Å². The van der Waals surface area contributed by atoms with Crippen molar-refractivity contribution in [3.05, 3.63) is 72.4 Å². The van der Waals surface area contributed by atoms with E-state index in [2.05, 4.69) is 55.1 Å². The second-order valence-electron chi connectivity index (χ2n) is 7.59. The van der Waals surface area contributed by atoms with Crippen LogP contribution >= 0.6 is 0 Å². The fourth-order valence-electron chi connectivity index (χ4n) is 4.17. The first-order valence-electron chi connectivity index (χ1n) is 9.90. The molecular weight excluding hydrogens is 288 g/mol. The predicted molar refractivity (Wildman–Crippen MR) is 105 cm³/mol. The van der Waals surface area contributed by atoms with Crippen molar-refractivity contribution in [2.24, 2.45) is 11.8 Å². The summed E-state index contributed by atoms with van der Waals surface area (Å²) in [6.07, 6.45) is 23.4.